The molecule has 9 nitrogen and oxygen atoms in total. The lowest BCUT2D eigenvalue weighted by molar-refractivity contribution is 0.417. The third kappa shape index (κ3) is 5.65. The molecule has 4 aromatic carbocycles. The number of nitrogens with zero attached hydrogens (tertiary/aromatic N) is 4. The van der Waals surface area contributed by atoms with E-state index in [1.165, 1.54) is 6.07 Å². The second kappa shape index (κ2) is 10.1. The van der Waals surface area contributed by atoms with Crippen molar-refractivity contribution in [2.75, 3.05) is 12.8 Å². The van der Waals surface area contributed by atoms with Crippen LogP contribution in [0.3, 0.4) is 0 Å². The molecule has 0 atom stereocenters. The molecule has 0 aliphatic heterocycles. The average molecular weight is 518 g/mol. The van der Waals surface area contributed by atoms with Crippen LogP contribution >= 0.6 is 0 Å². The fraction of sp³-hybridized carbons (Fsp3) is 0.185. The number of anilines is 1. The fourth-order valence-corrected chi connectivity index (χ4v) is 4.72. The predicted octanol–water partition coefficient (Wildman–Crippen LogP) is 7.74. The van der Waals surface area contributed by atoms with Crippen molar-refractivity contribution in [2.45, 2.75) is 32.6 Å². The van der Waals surface area contributed by atoms with Crippen molar-refractivity contribution in [3.63, 3.8) is 0 Å². The van der Waals surface area contributed by atoms with Gasteiger partial charge in [0.1, 0.15) is 10.6 Å². The minimum atomic E-state index is -4.39. The van der Waals surface area contributed by atoms with Crippen molar-refractivity contribution in [3.05, 3.63) is 76.9 Å². The van der Waals surface area contributed by atoms with E-state index in [0.29, 0.717) is 45.0 Å². The number of fused-ring (bicyclic) bond motifs is 1. The van der Waals surface area contributed by atoms with Crippen LogP contribution in [0, 0.1) is 27.7 Å². The highest BCUT2D eigenvalue weighted by Crippen LogP contribution is 2.35. The maximum absolute atomic E-state index is 11.9. The number of hydrogen-bond acceptors (Lipinski definition) is 8. The Labute approximate surface area is 215 Å². The third-order valence-corrected chi connectivity index (χ3v) is 6.82. The summed E-state index contributed by atoms with van der Waals surface area (Å²) < 4.78 is 38.7. The average Bonchev–Trinajstić information content (AvgIpc) is 2.83. The molecule has 10 heteroatoms. The Morgan fingerprint density at radius 3 is 1.92 bits per heavy atom. The number of nitrogen functional groups attached to an aromatic ring is 1. The molecule has 0 bridgehead atoms. The van der Waals surface area contributed by atoms with Gasteiger partial charge in [-0.25, -0.2) is 0 Å². The molecule has 4 rings (SSSR count). The largest absolute Gasteiger partial charge is 0.495 e. The third-order valence-electron chi connectivity index (χ3n) is 5.92. The van der Waals surface area contributed by atoms with Gasteiger partial charge in [-0.15, -0.1) is 0 Å². The zero-order chi connectivity index (χ0) is 26.9. The fourth-order valence-electron chi connectivity index (χ4n) is 3.94. The number of nitrogens with two attached hydrogens (primary N) is 1. The van der Waals surface area contributed by atoms with E-state index in [9.17, 15) is 13.0 Å². The van der Waals surface area contributed by atoms with E-state index in [1.54, 1.807) is 44.4 Å². The molecule has 0 spiro atoms. The molecule has 0 saturated carbocycles. The van der Waals surface area contributed by atoms with E-state index in [-0.39, 0.29) is 4.90 Å². The highest BCUT2D eigenvalue weighted by atomic mass is 32.2. The Morgan fingerprint density at radius 1 is 0.757 bits per heavy atom. The van der Waals surface area contributed by atoms with Gasteiger partial charge in [0.2, 0.25) is 0 Å². The van der Waals surface area contributed by atoms with Gasteiger partial charge in [-0.1, -0.05) is 12.1 Å². The Hall–Kier alpha value is -4.15. The van der Waals surface area contributed by atoms with Crippen LogP contribution < -0.4 is 10.5 Å². The van der Waals surface area contributed by atoms with Crippen molar-refractivity contribution in [1.82, 2.24) is 0 Å². The molecule has 0 radical (unpaired) electrons. The van der Waals surface area contributed by atoms with Crippen LogP contribution in [-0.2, 0) is 10.1 Å². The van der Waals surface area contributed by atoms with Gasteiger partial charge in [0.25, 0.3) is 10.1 Å². The normalized spacial score (nSPS) is 12.2. The Morgan fingerprint density at radius 2 is 1.32 bits per heavy atom. The molecular formula is C27H27N5O4S. The first-order valence-electron chi connectivity index (χ1n) is 11.4. The first kappa shape index (κ1) is 25.9. The molecule has 190 valence electrons. The number of azo groups is 2. The summed E-state index contributed by atoms with van der Waals surface area (Å²) in [6.07, 6.45) is 0. The summed E-state index contributed by atoms with van der Waals surface area (Å²) >= 11 is 0. The standard InChI is InChI=1S/C27H27N5O4S/c1-15-8-19-6-7-20(13-21(19)27(9-15)37(33,34)35)29-30-23-11-18(4)24(12-17(23)3)31-32-25-14-26(36-5)22(28)10-16(25)2/h6-14H,28H2,1-5H3,(H,33,34,35). The number of aryl methyl sites for hydroxylation is 4. The van der Waals surface area contributed by atoms with Crippen molar-refractivity contribution >= 4 is 49.3 Å². The summed E-state index contributed by atoms with van der Waals surface area (Å²) in [6.45, 7) is 7.46. The lowest BCUT2D eigenvalue weighted by atomic mass is 10.1. The number of ether oxygens (including phenoxy) is 1. The van der Waals surface area contributed by atoms with Crippen LogP contribution in [0.4, 0.5) is 28.4 Å². The van der Waals surface area contributed by atoms with Crippen molar-refractivity contribution in [1.29, 1.82) is 0 Å². The van der Waals surface area contributed by atoms with Crippen LogP contribution in [0.15, 0.2) is 79.9 Å². The van der Waals surface area contributed by atoms with E-state index >= 15 is 0 Å². The second-order valence-electron chi connectivity index (χ2n) is 8.85. The van der Waals surface area contributed by atoms with E-state index in [1.807, 2.05) is 39.0 Å². The molecule has 0 aliphatic rings. The van der Waals surface area contributed by atoms with Crippen LogP contribution in [0.5, 0.6) is 5.75 Å². The Kier molecular flexibility index (Phi) is 7.06. The van der Waals surface area contributed by atoms with E-state index in [2.05, 4.69) is 20.5 Å². The summed E-state index contributed by atoms with van der Waals surface area (Å²) in [5.74, 6) is 0.538. The van der Waals surface area contributed by atoms with Gasteiger partial charge < -0.3 is 10.5 Å². The Bertz CT molecular complexity index is 1700. The molecule has 3 N–H and O–H groups in total. The number of benzene rings is 4. The lowest BCUT2D eigenvalue weighted by Gasteiger charge is -2.08. The molecule has 4 aromatic rings. The van der Waals surface area contributed by atoms with E-state index in [0.717, 1.165) is 22.3 Å². The molecule has 0 fully saturated rings. The molecule has 37 heavy (non-hydrogen) atoms. The van der Waals surface area contributed by atoms with Crippen LogP contribution in [0.25, 0.3) is 10.8 Å². The minimum Gasteiger partial charge on any atom is -0.495 e. The smallest absolute Gasteiger partial charge is 0.295 e. The maximum atomic E-state index is 11.9. The second-order valence-corrected chi connectivity index (χ2v) is 10.2. The van der Waals surface area contributed by atoms with Crippen LogP contribution in [-0.4, -0.2) is 20.1 Å². The minimum absolute atomic E-state index is 0.157. The zero-order valence-electron chi connectivity index (χ0n) is 21.1. The predicted molar refractivity (Wildman–Crippen MR) is 145 cm³/mol. The number of hydrogen-bond donors (Lipinski definition) is 2. The summed E-state index contributed by atoms with van der Waals surface area (Å²) in [7, 11) is -2.84. The molecule has 0 heterocycles. The molecule has 0 saturated heterocycles. The molecule has 0 aliphatic carbocycles. The quantitative estimate of drug-likeness (QED) is 0.153. The first-order valence-corrected chi connectivity index (χ1v) is 12.8. The SMILES string of the molecule is COc1cc(N=Nc2cc(C)c(N=Nc3ccc4cc(C)cc(S(=O)(=O)O)c4c3)cc2C)c(C)cc1N. The summed E-state index contributed by atoms with van der Waals surface area (Å²) in [6, 6.07) is 15.6. The summed E-state index contributed by atoms with van der Waals surface area (Å²) in [5.41, 5.74) is 12.2. The zero-order valence-corrected chi connectivity index (χ0v) is 22.0. The maximum Gasteiger partial charge on any atom is 0.295 e. The van der Waals surface area contributed by atoms with Crippen LogP contribution in [0.2, 0.25) is 0 Å². The van der Waals surface area contributed by atoms with Crippen molar-refractivity contribution < 1.29 is 17.7 Å². The number of methoxy groups -OCH3 is 1. The van der Waals surface area contributed by atoms with Gasteiger partial charge in [-0.3, -0.25) is 4.55 Å². The van der Waals surface area contributed by atoms with E-state index in [4.69, 9.17) is 10.5 Å². The van der Waals surface area contributed by atoms with Gasteiger partial charge in [-0.2, -0.15) is 28.9 Å². The molecule has 0 aromatic heterocycles. The molecule has 0 unspecified atom stereocenters. The van der Waals surface area contributed by atoms with Crippen molar-refractivity contribution in [3.8, 4) is 5.75 Å². The Balaban J connectivity index is 1.65. The van der Waals surface area contributed by atoms with Gasteiger partial charge in [0.15, 0.2) is 0 Å². The van der Waals surface area contributed by atoms with Gasteiger partial charge in [0.05, 0.1) is 35.5 Å². The monoisotopic (exact) mass is 517 g/mol. The lowest BCUT2D eigenvalue weighted by Crippen LogP contribution is -1.99. The highest BCUT2D eigenvalue weighted by molar-refractivity contribution is 7.86. The summed E-state index contributed by atoms with van der Waals surface area (Å²) in [4.78, 5) is -0.157. The van der Waals surface area contributed by atoms with Crippen molar-refractivity contribution in [2.24, 2.45) is 20.5 Å². The van der Waals surface area contributed by atoms with Gasteiger partial charge in [-0.05, 0) is 91.7 Å². The topological polar surface area (TPSA) is 139 Å². The van der Waals surface area contributed by atoms with E-state index < -0.39 is 10.1 Å². The van der Waals surface area contributed by atoms with Crippen LogP contribution in [0.1, 0.15) is 22.3 Å². The van der Waals surface area contributed by atoms with Gasteiger partial charge in [0, 0.05) is 11.5 Å². The number of rotatable bonds is 6. The highest BCUT2D eigenvalue weighted by Gasteiger charge is 2.15. The van der Waals surface area contributed by atoms with Gasteiger partial charge >= 0.3 is 0 Å². The molecule has 0 amide bonds. The first-order chi connectivity index (χ1) is 17.5. The molecular weight excluding hydrogens is 490 g/mol. The summed E-state index contributed by atoms with van der Waals surface area (Å²) in [5, 5.41) is 18.5.